The zero-order valence-corrected chi connectivity index (χ0v) is 17.2. The van der Waals surface area contributed by atoms with E-state index in [1.807, 2.05) is 6.20 Å². The van der Waals surface area contributed by atoms with Gasteiger partial charge >= 0.3 is 12.1 Å². The average molecular weight is 433 g/mol. The van der Waals surface area contributed by atoms with Gasteiger partial charge in [0.05, 0.1) is 0 Å². The number of piperidine rings is 1. The number of aromatic nitrogens is 1. The van der Waals surface area contributed by atoms with E-state index in [0.29, 0.717) is 6.04 Å². The topological polar surface area (TPSA) is 68.4 Å². The number of fused-ring (bicyclic) bond motifs is 1. The summed E-state index contributed by atoms with van der Waals surface area (Å²) in [6.07, 6.45) is -0.654. The lowest BCUT2D eigenvalue weighted by molar-refractivity contribution is -0.192. The van der Waals surface area contributed by atoms with Crippen molar-refractivity contribution in [2.24, 2.45) is 0 Å². The standard InChI is InChI=1S/C21H25N3.C2HF3O2/c1-16-4-2-3-5-18(16)15-24(19-9-11-22-12-10-19)20-6-7-21-17(14-20)8-13-23-21;3-2(4,5)1(6)7/h2-8,13-14,19,22-23H,9-12,15H2,1H3;(H,6,7). The third-order valence-corrected chi connectivity index (χ3v) is 5.46. The van der Waals surface area contributed by atoms with E-state index in [1.165, 1.54) is 40.6 Å². The third kappa shape index (κ3) is 6.01. The SMILES string of the molecule is Cc1ccccc1CN(c1ccc2[nH]ccc2c1)C1CCNCC1.O=C(O)C(F)(F)F. The predicted molar refractivity (Wildman–Crippen MR) is 115 cm³/mol. The summed E-state index contributed by atoms with van der Waals surface area (Å²) in [5, 5.41) is 11.9. The number of aromatic amines is 1. The highest BCUT2D eigenvalue weighted by atomic mass is 19.4. The molecular formula is C23H26F3N3O2. The van der Waals surface area contributed by atoms with Crippen LogP contribution in [0.25, 0.3) is 10.9 Å². The van der Waals surface area contributed by atoms with Crippen LogP contribution in [-0.4, -0.2) is 41.4 Å². The lowest BCUT2D eigenvalue weighted by atomic mass is 10.0. The molecule has 166 valence electrons. The Morgan fingerprint density at radius 3 is 2.45 bits per heavy atom. The summed E-state index contributed by atoms with van der Waals surface area (Å²) < 4.78 is 31.7. The number of rotatable bonds is 4. The molecular weight excluding hydrogens is 407 g/mol. The molecule has 0 spiro atoms. The Kier molecular flexibility index (Phi) is 7.22. The Bertz CT molecular complexity index is 1010. The van der Waals surface area contributed by atoms with E-state index in [4.69, 9.17) is 9.90 Å². The molecule has 1 aliphatic rings. The summed E-state index contributed by atoms with van der Waals surface area (Å²) in [7, 11) is 0. The van der Waals surface area contributed by atoms with Gasteiger partial charge < -0.3 is 20.3 Å². The Hall–Kier alpha value is -3.00. The van der Waals surface area contributed by atoms with E-state index in [1.54, 1.807) is 0 Å². The van der Waals surface area contributed by atoms with Crippen molar-refractivity contribution in [3.63, 3.8) is 0 Å². The summed E-state index contributed by atoms with van der Waals surface area (Å²) in [5.41, 5.74) is 5.33. The maximum absolute atomic E-state index is 10.6. The fourth-order valence-electron chi connectivity index (χ4n) is 3.74. The molecule has 2 heterocycles. The molecule has 4 rings (SSSR count). The van der Waals surface area contributed by atoms with Gasteiger partial charge in [-0.05, 0) is 68.2 Å². The van der Waals surface area contributed by atoms with E-state index in [2.05, 4.69) is 70.7 Å². The molecule has 0 bridgehead atoms. The molecule has 0 radical (unpaired) electrons. The van der Waals surface area contributed by atoms with Crippen LogP contribution in [0.3, 0.4) is 0 Å². The van der Waals surface area contributed by atoms with Crippen LogP contribution in [-0.2, 0) is 11.3 Å². The molecule has 0 amide bonds. The number of carboxylic acid groups (broad SMARTS) is 1. The number of aliphatic carboxylic acids is 1. The number of nitrogens with one attached hydrogen (secondary N) is 2. The van der Waals surface area contributed by atoms with E-state index < -0.39 is 12.1 Å². The second-order valence-corrected chi connectivity index (χ2v) is 7.59. The van der Waals surface area contributed by atoms with Crippen molar-refractivity contribution >= 4 is 22.6 Å². The molecule has 3 aromatic rings. The lowest BCUT2D eigenvalue weighted by Gasteiger charge is -2.37. The first-order valence-corrected chi connectivity index (χ1v) is 10.1. The molecule has 0 unspecified atom stereocenters. The number of alkyl halides is 3. The van der Waals surface area contributed by atoms with Gasteiger partial charge in [0.15, 0.2) is 0 Å². The van der Waals surface area contributed by atoms with Crippen LogP contribution in [0.5, 0.6) is 0 Å². The minimum Gasteiger partial charge on any atom is -0.475 e. The number of halogens is 3. The van der Waals surface area contributed by atoms with Crippen molar-refractivity contribution < 1.29 is 23.1 Å². The molecule has 1 fully saturated rings. The van der Waals surface area contributed by atoms with Crippen LogP contribution in [0.4, 0.5) is 18.9 Å². The smallest absolute Gasteiger partial charge is 0.475 e. The molecule has 31 heavy (non-hydrogen) atoms. The predicted octanol–water partition coefficient (Wildman–Crippen LogP) is 4.87. The van der Waals surface area contributed by atoms with Crippen molar-refractivity contribution in [1.82, 2.24) is 10.3 Å². The maximum atomic E-state index is 10.6. The fraction of sp³-hybridized carbons (Fsp3) is 0.348. The minimum absolute atomic E-state index is 0.599. The number of carbonyl (C=O) groups is 1. The summed E-state index contributed by atoms with van der Waals surface area (Å²) in [6, 6.07) is 18.3. The highest BCUT2D eigenvalue weighted by Gasteiger charge is 2.38. The number of H-pyrrole nitrogens is 1. The third-order valence-electron chi connectivity index (χ3n) is 5.46. The Labute approximate surface area is 178 Å². The van der Waals surface area contributed by atoms with Gasteiger partial charge in [-0.3, -0.25) is 0 Å². The fourth-order valence-corrected chi connectivity index (χ4v) is 3.74. The van der Waals surface area contributed by atoms with E-state index in [9.17, 15) is 13.2 Å². The highest BCUT2D eigenvalue weighted by Crippen LogP contribution is 2.28. The van der Waals surface area contributed by atoms with Gasteiger partial charge in [0.25, 0.3) is 0 Å². The van der Waals surface area contributed by atoms with Crippen LogP contribution in [0.15, 0.2) is 54.7 Å². The molecule has 0 atom stereocenters. The second kappa shape index (κ2) is 9.87. The summed E-state index contributed by atoms with van der Waals surface area (Å²) in [4.78, 5) is 14.8. The molecule has 1 saturated heterocycles. The molecule has 1 aromatic heterocycles. The van der Waals surface area contributed by atoms with Gasteiger partial charge in [-0.1, -0.05) is 24.3 Å². The number of carboxylic acids is 1. The monoisotopic (exact) mass is 433 g/mol. The first-order valence-electron chi connectivity index (χ1n) is 10.1. The van der Waals surface area contributed by atoms with Gasteiger partial charge in [-0.15, -0.1) is 0 Å². The second-order valence-electron chi connectivity index (χ2n) is 7.59. The van der Waals surface area contributed by atoms with Gasteiger partial charge in [-0.25, -0.2) is 4.79 Å². The van der Waals surface area contributed by atoms with Crippen LogP contribution in [0, 0.1) is 6.92 Å². The van der Waals surface area contributed by atoms with Gasteiger partial charge in [-0.2, -0.15) is 13.2 Å². The molecule has 3 N–H and O–H groups in total. The minimum atomic E-state index is -5.08. The zero-order chi connectivity index (χ0) is 22.4. The molecule has 2 aromatic carbocycles. The molecule has 8 heteroatoms. The Morgan fingerprint density at radius 1 is 1.13 bits per heavy atom. The maximum Gasteiger partial charge on any atom is 0.490 e. The van der Waals surface area contributed by atoms with E-state index >= 15 is 0 Å². The number of aryl methyl sites for hydroxylation is 1. The van der Waals surface area contributed by atoms with Crippen LogP contribution >= 0.6 is 0 Å². The van der Waals surface area contributed by atoms with Gasteiger partial charge in [0.1, 0.15) is 0 Å². The summed E-state index contributed by atoms with van der Waals surface area (Å²) in [5.74, 6) is -2.76. The molecule has 0 saturated carbocycles. The van der Waals surface area contributed by atoms with Gasteiger partial charge in [0.2, 0.25) is 0 Å². The van der Waals surface area contributed by atoms with Crippen LogP contribution in [0.1, 0.15) is 24.0 Å². The van der Waals surface area contributed by atoms with Crippen molar-refractivity contribution in [2.45, 2.75) is 38.5 Å². The summed E-state index contributed by atoms with van der Waals surface area (Å²) in [6.45, 7) is 5.42. The highest BCUT2D eigenvalue weighted by molar-refractivity contribution is 5.83. The first-order chi connectivity index (χ1) is 14.8. The molecule has 0 aliphatic carbocycles. The number of hydrogen-bond acceptors (Lipinski definition) is 3. The van der Waals surface area contributed by atoms with Crippen molar-refractivity contribution in [2.75, 3.05) is 18.0 Å². The quantitative estimate of drug-likeness (QED) is 0.549. The van der Waals surface area contributed by atoms with Crippen LogP contribution < -0.4 is 10.2 Å². The lowest BCUT2D eigenvalue weighted by Crippen LogP contribution is -2.43. The number of anilines is 1. The van der Waals surface area contributed by atoms with Crippen molar-refractivity contribution in [3.05, 3.63) is 65.9 Å². The average Bonchev–Trinajstić information content (AvgIpc) is 3.21. The number of benzene rings is 2. The normalized spacial score (nSPS) is 14.7. The number of hydrogen-bond donors (Lipinski definition) is 3. The zero-order valence-electron chi connectivity index (χ0n) is 17.2. The Balaban J connectivity index is 0.000000339. The summed E-state index contributed by atoms with van der Waals surface area (Å²) >= 11 is 0. The Morgan fingerprint density at radius 2 is 1.81 bits per heavy atom. The van der Waals surface area contributed by atoms with Crippen LogP contribution in [0.2, 0.25) is 0 Å². The van der Waals surface area contributed by atoms with Crippen molar-refractivity contribution in [3.8, 4) is 0 Å². The van der Waals surface area contributed by atoms with E-state index in [0.717, 1.165) is 19.6 Å². The van der Waals surface area contributed by atoms with E-state index in [-0.39, 0.29) is 0 Å². The van der Waals surface area contributed by atoms with Gasteiger partial charge in [0, 0.05) is 35.4 Å². The molecule has 5 nitrogen and oxygen atoms in total. The molecule has 1 aliphatic heterocycles. The largest absolute Gasteiger partial charge is 0.490 e. The first kappa shape index (κ1) is 22.7. The van der Waals surface area contributed by atoms with Crippen molar-refractivity contribution in [1.29, 1.82) is 0 Å². The number of nitrogens with zero attached hydrogens (tertiary/aromatic N) is 1.